The van der Waals surface area contributed by atoms with E-state index in [9.17, 15) is 0 Å². The van der Waals surface area contributed by atoms with Gasteiger partial charge < -0.3 is 16.0 Å². The van der Waals surface area contributed by atoms with Gasteiger partial charge in [0.2, 0.25) is 0 Å². The third-order valence-electron chi connectivity index (χ3n) is 5.35. The Hall–Kier alpha value is -3.98. The molecule has 0 amide bonds. The maximum Gasteiger partial charge on any atom is 0.0367 e. The van der Waals surface area contributed by atoms with Crippen molar-refractivity contribution in [2.45, 2.75) is 88.1 Å². The largest absolute Gasteiger partial charge is 0.394 e. The van der Waals surface area contributed by atoms with Gasteiger partial charge in [-0.2, -0.15) is 0 Å². The summed E-state index contributed by atoms with van der Waals surface area (Å²) in [6, 6.07) is 0.598. The molecule has 0 radical (unpaired) electrons. The summed E-state index contributed by atoms with van der Waals surface area (Å²) in [4.78, 5) is 0. The van der Waals surface area contributed by atoms with Gasteiger partial charge in [0.1, 0.15) is 0 Å². The Labute approximate surface area is 281 Å². The van der Waals surface area contributed by atoms with Crippen LogP contribution in [0.1, 0.15) is 82.1 Å². The summed E-state index contributed by atoms with van der Waals surface area (Å²) >= 11 is 0. The summed E-state index contributed by atoms with van der Waals surface area (Å²) in [5, 5.41) is 9.37. The second-order valence-corrected chi connectivity index (χ2v) is 8.66. The smallest absolute Gasteiger partial charge is 0.0367 e. The predicted octanol–water partition coefficient (Wildman–Crippen LogP) is 12.0. The van der Waals surface area contributed by atoms with Gasteiger partial charge in [-0.25, -0.2) is 0 Å². The predicted molar refractivity (Wildman–Crippen MR) is 213 cm³/mol. The first-order valence-corrected chi connectivity index (χ1v) is 16.4. The van der Waals surface area contributed by atoms with E-state index < -0.39 is 0 Å². The topological polar surface area (TPSA) is 36.1 Å². The van der Waals surface area contributed by atoms with Gasteiger partial charge in [-0.05, 0) is 77.5 Å². The van der Waals surface area contributed by atoms with Crippen molar-refractivity contribution in [3.8, 4) is 0 Å². The Bertz CT molecular complexity index is 960. The zero-order chi connectivity index (χ0) is 35.6. The highest BCUT2D eigenvalue weighted by Crippen LogP contribution is 2.28. The Kier molecular flexibility index (Phi) is 52.8. The standard InChI is InChI=1S/2C13H19N.C7H12.C5H9N.2C2H6/c1-4-6-8-9-12-11(3)14-13(12)10-7-5-2;1-5-7-9-10-12(3)13(14-4)11-8-6-2;1-3-5-7-6-4-2;1-3-4-5-6-2;2*1-2/h4-8,10-12,14H,1,9H2,2-3H3;5-11,14H,1H2,2-4H3;3,5-7H,4H2,1-2H3;3-6H,1H2,2H3;2*1-2H3/b7-5-,8-6-,13-10-;8-6-,9-7-,12-10+,13-11-;5-3-,7-6-;5-4-;;/t11-,12?;;;;;/m1...../s1. The van der Waals surface area contributed by atoms with Gasteiger partial charge in [0.25, 0.3) is 0 Å². The van der Waals surface area contributed by atoms with Crippen LogP contribution in [-0.2, 0) is 0 Å². The number of allylic oxidation sites excluding steroid dienone is 20. The van der Waals surface area contributed by atoms with Crippen LogP contribution in [0.15, 0.2) is 158 Å². The van der Waals surface area contributed by atoms with E-state index in [-0.39, 0.29) is 0 Å². The molecule has 0 aromatic heterocycles. The van der Waals surface area contributed by atoms with Crippen molar-refractivity contribution in [2.24, 2.45) is 5.92 Å². The molecule has 45 heavy (non-hydrogen) atoms. The highest BCUT2D eigenvalue weighted by molar-refractivity contribution is 5.33. The Morgan fingerprint density at radius 2 is 1.31 bits per heavy atom. The van der Waals surface area contributed by atoms with E-state index in [1.54, 1.807) is 12.2 Å². The maximum atomic E-state index is 3.66. The van der Waals surface area contributed by atoms with Crippen LogP contribution >= 0.6 is 0 Å². The minimum atomic E-state index is 0.598. The molecule has 1 unspecified atom stereocenters. The molecule has 0 aromatic carbocycles. The first kappa shape index (κ1) is 50.6. The summed E-state index contributed by atoms with van der Waals surface area (Å²) in [6.45, 7) is 31.2. The number of likely N-dealkylation sites (N-methyl/N-ethyl adjacent to an activating group) is 1. The average Bonchev–Trinajstić information content (AvgIpc) is 3.07. The molecule has 3 nitrogen and oxygen atoms in total. The van der Waals surface area contributed by atoms with Crippen LogP contribution in [0.4, 0.5) is 0 Å². The van der Waals surface area contributed by atoms with Gasteiger partial charge in [-0.3, -0.25) is 0 Å². The van der Waals surface area contributed by atoms with Gasteiger partial charge >= 0.3 is 0 Å². The van der Waals surface area contributed by atoms with Crippen molar-refractivity contribution in [3.63, 3.8) is 0 Å². The molecule has 2 atom stereocenters. The fourth-order valence-electron chi connectivity index (χ4n) is 3.13. The molecule has 1 aliphatic rings. The van der Waals surface area contributed by atoms with E-state index >= 15 is 0 Å². The normalized spacial score (nSPS) is 16.8. The highest BCUT2D eigenvalue weighted by atomic mass is 15.0. The van der Waals surface area contributed by atoms with Crippen molar-refractivity contribution in [3.05, 3.63) is 158 Å². The maximum absolute atomic E-state index is 3.66. The lowest BCUT2D eigenvalue weighted by Crippen LogP contribution is -2.48. The van der Waals surface area contributed by atoms with Crippen LogP contribution in [0.25, 0.3) is 0 Å². The Morgan fingerprint density at radius 3 is 1.73 bits per heavy atom. The molecule has 0 aromatic rings. The summed E-state index contributed by atoms with van der Waals surface area (Å²) < 4.78 is 0. The second-order valence-electron chi connectivity index (χ2n) is 8.66. The van der Waals surface area contributed by atoms with Crippen molar-refractivity contribution >= 4 is 0 Å². The van der Waals surface area contributed by atoms with E-state index in [1.807, 2.05) is 142 Å². The van der Waals surface area contributed by atoms with E-state index in [2.05, 4.69) is 86.8 Å². The second kappa shape index (κ2) is 47.0. The lowest BCUT2D eigenvalue weighted by atomic mass is 9.85. The lowest BCUT2D eigenvalue weighted by molar-refractivity contribution is 0.328. The summed E-state index contributed by atoms with van der Waals surface area (Å²) in [6.07, 6.45) is 41.9. The number of rotatable bonds is 13. The van der Waals surface area contributed by atoms with E-state index in [0.29, 0.717) is 12.0 Å². The quantitative estimate of drug-likeness (QED) is 0.180. The van der Waals surface area contributed by atoms with Gasteiger partial charge in [0, 0.05) is 37.4 Å². The van der Waals surface area contributed by atoms with E-state index in [4.69, 9.17) is 0 Å². The van der Waals surface area contributed by atoms with Gasteiger partial charge in [-0.15, -0.1) is 0 Å². The third-order valence-corrected chi connectivity index (χ3v) is 5.35. The molecular weight excluding hydrogens is 546 g/mol. The van der Waals surface area contributed by atoms with Crippen LogP contribution in [0.3, 0.4) is 0 Å². The van der Waals surface area contributed by atoms with Gasteiger partial charge in [0.15, 0.2) is 0 Å². The molecule has 1 aliphatic heterocycles. The van der Waals surface area contributed by atoms with Crippen molar-refractivity contribution in [1.29, 1.82) is 0 Å². The number of nitrogens with one attached hydrogen (secondary N) is 3. The molecule has 3 N–H and O–H groups in total. The molecule has 254 valence electrons. The fourth-order valence-corrected chi connectivity index (χ4v) is 3.13. The molecule has 1 saturated heterocycles. The van der Waals surface area contributed by atoms with Gasteiger partial charge in [-0.1, -0.05) is 152 Å². The third kappa shape index (κ3) is 38.0. The average molecular weight is 618 g/mol. The van der Waals surface area contributed by atoms with E-state index in [0.717, 1.165) is 18.5 Å². The van der Waals surface area contributed by atoms with Crippen LogP contribution in [0.5, 0.6) is 0 Å². The summed E-state index contributed by atoms with van der Waals surface area (Å²) in [5.41, 5.74) is 3.67. The number of hydrogen-bond acceptors (Lipinski definition) is 3. The Morgan fingerprint density at radius 1 is 0.733 bits per heavy atom. The molecule has 3 heteroatoms. The zero-order valence-electron chi connectivity index (χ0n) is 31.2. The monoisotopic (exact) mass is 618 g/mol. The van der Waals surface area contributed by atoms with Crippen molar-refractivity contribution in [1.82, 2.24) is 16.0 Å². The van der Waals surface area contributed by atoms with Crippen LogP contribution < -0.4 is 16.0 Å². The van der Waals surface area contributed by atoms with Crippen molar-refractivity contribution < 1.29 is 0 Å². The van der Waals surface area contributed by atoms with Crippen molar-refractivity contribution in [2.75, 3.05) is 14.1 Å². The first-order valence-electron chi connectivity index (χ1n) is 16.4. The highest BCUT2D eigenvalue weighted by Gasteiger charge is 2.29. The van der Waals surface area contributed by atoms with Gasteiger partial charge in [0.05, 0.1) is 0 Å². The van der Waals surface area contributed by atoms with Crippen LogP contribution in [0.2, 0.25) is 0 Å². The van der Waals surface area contributed by atoms with Crippen LogP contribution in [0, 0.1) is 5.92 Å². The minimum absolute atomic E-state index is 0.598. The Balaban J connectivity index is -0.000000160. The molecule has 0 bridgehead atoms. The SMILES string of the molecule is C/C=C\C=C/CC.C=C/C=C\CC1/C(=C/C=C\C)N[C@@H]1C.C=C/C=C\NC.C=C\C=C/C=C(C)/C(=C/C=C\C)NC.CC.CC. The zero-order valence-corrected chi connectivity index (χ0v) is 31.2. The van der Waals surface area contributed by atoms with E-state index in [1.165, 1.54) is 11.3 Å². The van der Waals surface area contributed by atoms with Crippen LogP contribution in [-0.4, -0.2) is 20.1 Å². The molecule has 1 heterocycles. The number of hydrogen-bond donors (Lipinski definition) is 3. The summed E-state index contributed by atoms with van der Waals surface area (Å²) in [7, 11) is 3.77. The molecule has 1 rings (SSSR count). The summed E-state index contributed by atoms with van der Waals surface area (Å²) in [5.74, 6) is 0.655. The fraction of sp³-hybridized carbons (Fsp3) is 0.381. The molecule has 1 fully saturated rings. The lowest BCUT2D eigenvalue weighted by Gasteiger charge is -2.39. The molecule has 0 aliphatic carbocycles. The molecule has 0 spiro atoms. The minimum Gasteiger partial charge on any atom is -0.394 e. The first-order chi connectivity index (χ1) is 21.9. The molecular formula is C42H71N3. The molecule has 0 saturated carbocycles.